The molecule has 8 heteroatoms. The summed E-state index contributed by atoms with van der Waals surface area (Å²) in [7, 11) is 0. The van der Waals surface area contributed by atoms with Crippen LogP contribution in [0.15, 0.2) is 36.0 Å². The van der Waals surface area contributed by atoms with Crippen molar-refractivity contribution < 1.29 is 24.2 Å². The van der Waals surface area contributed by atoms with Crippen LogP contribution in [-0.4, -0.2) is 42.3 Å². The molecule has 0 radical (unpaired) electrons. The number of carbonyl (C=O) groups excluding carboxylic acids is 2. The van der Waals surface area contributed by atoms with Crippen LogP contribution in [0.25, 0.3) is 0 Å². The van der Waals surface area contributed by atoms with Crippen LogP contribution < -0.4 is 15.5 Å². The summed E-state index contributed by atoms with van der Waals surface area (Å²) in [6.07, 6.45) is 2.64. The first-order valence-corrected chi connectivity index (χ1v) is 6.71. The number of amides is 2. The molecule has 1 rings (SSSR count). The van der Waals surface area contributed by atoms with Crippen LogP contribution in [0.2, 0.25) is 0 Å². The molecule has 0 heterocycles. The number of hydrazone groups is 1. The quantitative estimate of drug-likeness (QED) is 0.293. The van der Waals surface area contributed by atoms with Crippen molar-refractivity contribution in [3.05, 3.63) is 42.0 Å². The maximum Gasteiger partial charge on any atom is 0.335 e. The summed E-state index contributed by atoms with van der Waals surface area (Å²) in [6, 6.07) is 4.24. The Bertz CT molecular complexity index is 640. The maximum atomic E-state index is 11.4. The van der Waals surface area contributed by atoms with Crippen molar-refractivity contribution in [3.8, 4) is 5.75 Å². The Labute approximate surface area is 132 Å². The van der Waals surface area contributed by atoms with E-state index >= 15 is 0 Å². The van der Waals surface area contributed by atoms with Gasteiger partial charge >= 0.3 is 17.8 Å². The number of nitrogens with zero attached hydrogens (tertiary/aromatic N) is 1. The van der Waals surface area contributed by atoms with Gasteiger partial charge in [-0.1, -0.05) is 6.08 Å². The van der Waals surface area contributed by atoms with Gasteiger partial charge in [-0.15, -0.1) is 6.58 Å². The Balaban J connectivity index is 2.83. The van der Waals surface area contributed by atoms with E-state index in [1.165, 1.54) is 30.5 Å². The van der Waals surface area contributed by atoms with E-state index < -0.39 is 17.8 Å². The van der Waals surface area contributed by atoms with Crippen LogP contribution in [0.4, 0.5) is 0 Å². The van der Waals surface area contributed by atoms with Crippen molar-refractivity contribution in [3.63, 3.8) is 0 Å². The van der Waals surface area contributed by atoms with Crippen LogP contribution in [-0.2, 0) is 9.59 Å². The van der Waals surface area contributed by atoms with Crippen molar-refractivity contribution in [1.29, 1.82) is 0 Å². The fourth-order valence-corrected chi connectivity index (χ4v) is 1.53. The second kappa shape index (κ2) is 8.98. The molecular formula is C15H17N3O5. The molecule has 23 heavy (non-hydrogen) atoms. The molecule has 0 aliphatic rings. The van der Waals surface area contributed by atoms with Crippen molar-refractivity contribution in [2.24, 2.45) is 5.10 Å². The zero-order chi connectivity index (χ0) is 17.2. The van der Waals surface area contributed by atoms with E-state index in [4.69, 9.17) is 9.84 Å². The van der Waals surface area contributed by atoms with E-state index in [9.17, 15) is 14.4 Å². The normalized spacial score (nSPS) is 10.1. The Hall–Kier alpha value is -3.16. The molecule has 0 aliphatic carbocycles. The Morgan fingerprint density at radius 2 is 2.09 bits per heavy atom. The summed E-state index contributed by atoms with van der Waals surface area (Å²) in [5.41, 5.74) is 2.45. The highest BCUT2D eigenvalue weighted by Gasteiger charge is 2.11. The van der Waals surface area contributed by atoms with Crippen LogP contribution in [0, 0.1) is 0 Å². The number of carbonyl (C=O) groups is 3. The smallest absolute Gasteiger partial charge is 0.335 e. The van der Waals surface area contributed by atoms with E-state index in [2.05, 4.69) is 17.0 Å². The highest BCUT2D eigenvalue weighted by Crippen LogP contribution is 2.18. The van der Waals surface area contributed by atoms with E-state index in [1.54, 1.807) is 6.92 Å². The number of benzene rings is 1. The average molecular weight is 319 g/mol. The van der Waals surface area contributed by atoms with Gasteiger partial charge in [0.15, 0.2) is 0 Å². The number of rotatable bonds is 7. The molecule has 3 N–H and O–H groups in total. The van der Waals surface area contributed by atoms with Crippen LogP contribution in [0.5, 0.6) is 5.75 Å². The fourth-order valence-electron chi connectivity index (χ4n) is 1.53. The molecule has 0 atom stereocenters. The Morgan fingerprint density at radius 1 is 1.35 bits per heavy atom. The standard InChI is InChI=1S/C15H17N3O5/c1-3-7-16-13(19)14(20)18-17-9-11-8-10(15(21)22)5-6-12(11)23-4-2/h3,5-6,8-9H,1,4,7H2,2H3,(H,16,19)(H,18,20)(H,21,22)/b17-9-. The molecule has 0 bridgehead atoms. The number of hydrogen-bond donors (Lipinski definition) is 3. The summed E-state index contributed by atoms with van der Waals surface area (Å²) in [6.45, 7) is 5.72. The zero-order valence-electron chi connectivity index (χ0n) is 12.5. The van der Waals surface area contributed by atoms with Crippen LogP contribution in [0.3, 0.4) is 0 Å². The van der Waals surface area contributed by atoms with Gasteiger partial charge in [0, 0.05) is 12.1 Å². The molecule has 1 aromatic rings. The third-order valence-electron chi connectivity index (χ3n) is 2.54. The minimum atomic E-state index is -1.10. The Kier molecular flexibility index (Phi) is 6.99. The minimum Gasteiger partial charge on any atom is -0.493 e. The van der Waals surface area contributed by atoms with E-state index in [1.807, 2.05) is 5.43 Å². The van der Waals surface area contributed by atoms with Crippen molar-refractivity contribution in [1.82, 2.24) is 10.7 Å². The molecule has 122 valence electrons. The van der Waals surface area contributed by atoms with E-state index in [0.29, 0.717) is 17.9 Å². The first-order valence-electron chi connectivity index (χ1n) is 6.71. The van der Waals surface area contributed by atoms with Crippen LogP contribution in [0.1, 0.15) is 22.8 Å². The predicted octanol–water partition coefficient (Wildman–Crippen LogP) is 0.536. The summed E-state index contributed by atoms with van der Waals surface area (Å²) in [5.74, 6) is -2.50. The van der Waals surface area contributed by atoms with Gasteiger partial charge < -0.3 is 15.2 Å². The minimum absolute atomic E-state index is 0.0463. The number of nitrogens with one attached hydrogen (secondary N) is 2. The van der Waals surface area contributed by atoms with Gasteiger partial charge in [-0.05, 0) is 25.1 Å². The van der Waals surface area contributed by atoms with Gasteiger partial charge in [0.25, 0.3) is 0 Å². The molecule has 8 nitrogen and oxygen atoms in total. The topological polar surface area (TPSA) is 117 Å². The molecule has 0 saturated carbocycles. The number of ether oxygens (including phenoxy) is 1. The first-order chi connectivity index (χ1) is 11.0. The summed E-state index contributed by atoms with van der Waals surface area (Å²) in [4.78, 5) is 33.7. The number of carboxylic acid groups (broad SMARTS) is 1. The number of carboxylic acids is 1. The van der Waals surface area contributed by atoms with Gasteiger partial charge in [-0.2, -0.15) is 5.10 Å². The predicted molar refractivity (Wildman–Crippen MR) is 83.5 cm³/mol. The second-order valence-corrected chi connectivity index (χ2v) is 4.19. The monoisotopic (exact) mass is 319 g/mol. The summed E-state index contributed by atoms with van der Waals surface area (Å²) in [5, 5.41) is 14.9. The molecular weight excluding hydrogens is 302 g/mol. The van der Waals surface area contributed by atoms with E-state index in [-0.39, 0.29) is 12.1 Å². The molecule has 1 aromatic carbocycles. The lowest BCUT2D eigenvalue weighted by Gasteiger charge is -2.07. The molecule has 0 spiro atoms. The van der Waals surface area contributed by atoms with Crippen molar-refractivity contribution >= 4 is 24.0 Å². The van der Waals surface area contributed by atoms with Gasteiger partial charge in [0.2, 0.25) is 0 Å². The molecule has 0 aliphatic heterocycles. The van der Waals surface area contributed by atoms with Gasteiger partial charge in [-0.25, -0.2) is 10.2 Å². The van der Waals surface area contributed by atoms with E-state index in [0.717, 1.165) is 0 Å². The molecule has 0 saturated heterocycles. The highest BCUT2D eigenvalue weighted by molar-refractivity contribution is 6.35. The maximum absolute atomic E-state index is 11.4. The van der Waals surface area contributed by atoms with Crippen molar-refractivity contribution in [2.75, 3.05) is 13.2 Å². The van der Waals surface area contributed by atoms with Gasteiger partial charge in [0.1, 0.15) is 5.75 Å². The molecule has 0 fully saturated rings. The zero-order valence-corrected chi connectivity index (χ0v) is 12.5. The van der Waals surface area contributed by atoms with Crippen LogP contribution >= 0.6 is 0 Å². The lowest BCUT2D eigenvalue weighted by Crippen LogP contribution is -2.37. The fraction of sp³-hybridized carbons (Fsp3) is 0.200. The average Bonchev–Trinajstić information content (AvgIpc) is 2.53. The second-order valence-electron chi connectivity index (χ2n) is 4.19. The largest absolute Gasteiger partial charge is 0.493 e. The molecule has 0 unspecified atom stereocenters. The number of hydrogen-bond acceptors (Lipinski definition) is 5. The third-order valence-corrected chi connectivity index (χ3v) is 2.54. The molecule has 0 aromatic heterocycles. The first kappa shape index (κ1) is 17.9. The summed E-state index contributed by atoms with van der Waals surface area (Å²) < 4.78 is 5.34. The summed E-state index contributed by atoms with van der Waals surface area (Å²) >= 11 is 0. The SMILES string of the molecule is C=CCNC(=O)C(=O)N/N=C\c1cc(C(=O)O)ccc1OCC. The number of aromatic carboxylic acids is 1. The third kappa shape index (κ3) is 5.62. The highest BCUT2D eigenvalue weighted by atomic mass is 16.5. The Morgan fingerprint density at radius 3 is 2.70 bits per heavy atom. The van der Waals surface area contributed by atoms with Gasteiger partial charge in [-0.3, -0.25) is 9.59 Å². The lowest BCUT2D eigenvalue weighted by molar-refractivity contribution is -0.139. The van der Waals surface area contributed by atoms with Crippen molar-refractivity contribution in [2.45, 2.75) is 6.92 Å². The van der Waals surface area contributed by atoms with Gasteiger partial charge in [0.05, 0.1) is 18.4 Å². The lowest BCUT2D eigenvalue weighted by atomic mass is 10.1. The molecule has 2 amide bonds.